The van der Waals surface area contributed by atoms with Gasteiger partial charge in [0.05, 0.1) is 24.3 Å². The number of pyridine rings is 1. The first-order valence-electron chi connectivity index (χ1n) is 16.4. The van der Waals surface area contributed by atoms with Crippen LogP contribution < -0.4 is 24.6 Å². The van der Waals surface area contributed by atoms with Crippen LogP contribution in [0.25, 0.3) is 11.1 Å². The fourth-order valence-electron chi connectivity index (χ4n) is 5.74. The van der Waals surface area contributed by atoms with Crippen molar-refractivity contribution in [3.05, 3.63) is 89.9 Å². The van der Waals surface area contributed by atoms with Gasteiger partial charge in [0.1, 0.15) is 12.1 Å². The molecule has 2 amide bonds. The number of aromatic nitrogens is 3. The maximum Gasteiger partial charge on any atom is 0.416 e. The second-order valence-corrected chi connectivity index (χ2v) is 11.4. The highest BCUT2D eigenvalue weighted by molar-refractivity contribution is 6.07. The number of hydrogen-bond donors (Lipinski definition) is 1. The van der Waals surface area contributed by atoms with Gasteiger partial charge in [0.2, 0.25) is 11.8 Å². The number of benzene rings is 2. The highest BCUT2D eigenvalue weighted by Crippen LogP contribution is 2.36. The molecule has 0 spiro atoms. The molecule has 10 nitrogen and oxygen atoms in total. The lowest BCUT2D eigenvalue weighted by atomic mass is 9.97. The first kappa shape index (κ1) is 35.1. The summed E-state index contributed by atoms with van der Waals surface area (Å²) in [5.41, 5.74) is 1.51. The van der Waals surface area contributed by atoms with E-state index in [1.54, 1.807) is 41.4 Å². The Balaban J connectivity index is 1.23. The summed E-state index contributed by atoms with van der Waals surface area (Å²) < 4.78 is 50.6. The number of carbonyl (C=O) groups excluding carboxylic acids is 2. The Morgan fingerprint density at radius 2 is 1.55 bits per heavy atom. The van der Waals surface area contributed by atoms with Crippen LogP contribution in [0.2, 0.25) is 0 Å². The predicted molar refractivity (Wildman–Crippen MR) is 180 cm³/mol. The van der Waals surface area contributed by atoms with Crippen molar-refractivity contribution in [2.45, 2.75) is 52.3 Å². The minimum Gasteiger partial charge on any atom is -0.476 e. The van der Waals surface area contributed by atoms with E-state index in [-0.39, 0.29) is 29.6 Å². The van der Waals surface area contributed by atoms with Crippen LogP contribution in [-0.4, -0.2) is 65.7 Å². The van der Waals surface area contributed by atoms with Gasteiger partial charge in [-0.3, -0.25) is 14.5 Å². The van der Waals surface area contributed by atoms with Crippen molar-refractivity contribution >= 4 is 23.3 Å². The molecule has 1 saturated heterocycles. The van der Waals surface area contributed by atoms with E-state index < -0.39 is 11.7 Å². The van der Waals surface area contributed by atoms with Crippen LogP contribution in [0.15, 0.2) is 73.2 Å². The summed E-state index contributed by atoms with van der Waals surface area (Å²) in [6, 6.07) is 15.1. The summed E-state index contributed by atoms with van der Waals surface area (Å²) in [5.74, 6) is 0.686. The van der Waals surface area contributed by atoms with Crippen LogP contribution in [-0.2, 0) is 6.18 Å². The Bertz CT molecular complexity index is 1700. The van der Waals surface area contributed by atoms with Crippen molar-refractivity contribution in [1.29, 1.82) is 0 Å². The van der Waals surface area contributed by atoms with Gasteiger partial charge in [-0.25, -0.2) is 4.98 Å². The molecule has 1 N–H and O–H groups in total. The molecule has 0 atom stereocenters. The molecule has 1 fully saturated rings. The summed E-state index contributed by atoms with van der Waals surface area (Å²) >= 11 is 0. The average Bonchev–Trinajstić information content (AvgIpc) is 3.11. The number of nitrogens with one attached hydrogen (secondary N) is 1. The molecular weight excluding hydrogens is 637 g/mol. The second-order valence-electron chi connectivity index (χ2n) is 11.4. The molecule has 0 saturated carbocycles. The molecule has 0 unspecified atom stereocenters. The third-order valence-electron chi connectivity index (χ3n) is 8.12. The zero-order valence-electron chi connectivity index (χ0n) is 27.7. The highest BCUT2D eigenvalue weighted by Gasteiger charge is 2.31. The van der Waals surface area contributed by atoms with Crippen LogP contribution in [0.3, 0.4) is 0 Å². The van der Waals surface area contributed by atoms with Crippen LogP contribution >= 0.6 is 0 Å². The lowest BCUT2D eigenvalue weighted by Crippen LogP contribution is -2.45. The molecule has 3 heterocycles. The molecule has 49 heavy (non-hydrogen) atoms. The van der Waals surface area contributed by atoms with Crippen molar-refractivity contribution in [3.63, 3.8) is 0 Å². The Hall–Kier alpha value is -5.20. The van der Waals surface area contributed by atoms with Crippen molar-refractivity contribution in [2.75, 3.05) is 42.6 Å². The maximum atomic E-state index is 13.8. The molecule has 2 aromatic heterocycles. The van der Waals surface area contributed by atoms with Gasteiger partial charge in [-0.2, -0.15) is 23.1 Å². The van der Waals surface area contributed by atoms with E-state index in [4.69, 9.17) is 9.47 Å². The summed E-state index contributed by atoms with van der Waals surface area (Å²) in [7, 11) is 0. The molecule has 2 aromatic carbocycles. The number of nitrogens with zero attached hydrogens (tertiary/aromatic N) is 5. The van der Waals surface area contributed by atoms with Gasteiger partial charge in [0, 0.05) is 37.4 Å². The van der Waals surface area contributed by atoms with Crippen molar-refractivity contribution < 1.29 is 32.2 Å². The molecule has 0 radical (unpaired) electrons. The molecule has 13 heteroatoms. The Morgan fingerprint density at radius 3 is 2.12 bits per heavy atom. The van der Waals surface area contributed by atoms with Gasteiger partial charge in [-0.1, -0.05) is 37.3 Å². The fourth-order valence-corrected chi connectivity index (χ4v) is 5.74. The fraction of sp³-hybridized carbons (Fsp3) is 0.361. The lowest BCUT2D eigenvalue weighted by molar-refractivity contribution is -0.137. The quantitative estimate of drug-likeness (QED) is 0.174. The van der Waals surface area contributed by atoms with Crippen molar-refractivity contribution in [1.82, 2.24) is 20.3 Å². The third-order valence-corrected chi connectivity index (χ3v) is 8.12. The van der Waals surface area contributed by atoms with E-state index in [0.717, 1.165) is 12.1 Å². The van der Waals surface area contributed by atoms with E-state index in [1.165, 1.54) is 18.5 Å². The van der Waals surface area contributed by atoms with E-state index in [1.807, 2.05) is 26.8 Å². The van der Waals surface area contributed by atoms with Crippen LogP contribution in [0, 0.1) is 0 Å². The molecule has 1 aliphatic heterocycles. The Morgan fingerprint density at radius 1 is 0.898 bits per heavy atom. The van der Waals surface area contributed by atoms with Crippen LogP contribution in [0.4, 0.5) is 24.7 Å². The SMILES string of the molecule is CCCN(C(=O)c1ccc(N2CCC(NC(=O)c3ccccc3-c3ccc(C(F)(F)F)cc3)CC2)nc1)c1c(OCC)ncnc1OCC. The molecule has 4 aromatic rings. The summed E-state index contributed by atoms with van der Waals surface area (Å²) in [4.78, 5) is 43.9. The van der Waals surface area contributed by atoms with Crippen molar-refractivity contribution in [2.24, 2.45) is 0 Å². The van der Waals surface area contributed by atoms with Gasteiger partial charge < -0.3 is 19.7 Å². The zero-order valence-corrected chi connectivity index (χ0v) is 27.7. The second kappa shape index (κ2) is 15.8. The lowest BCUT2D eigenvalue weighted by Gasteiger charge is -2.33. The first-order chi connectivity index (χ1) is 23.6. The number of ether oxygens (including phenoxy) is 2. The number of piperidine rings is 1. The minimum atomic E-state index is -4.43. The number of alkyl halides is 3. The number of carbonyl (C=O) groups is 2. The number of halogens is 3. The van der Waals surface area contributed by atoms with E-state index in [2.05, 4.69) is 25.2 Å². The first-order valence-corrected chi connectivity index (χ1v) is 16.4. The molecule has 1 aliphatic rings. The van der Waals surface area contributed by atoms with Gasteiger partial charge in [0.25, 0.3) is 11.8 Å². The topological polar surface area (TPSA) is 110 Å². The standard InChI is InChI=1S/C36H39F3N6O4/c1-4-19-45(31-33(48-5-2)41-23-42-34(31)49-6-3)35(47)25-13-16-30(40-22-25)44-20-17-27(18-21-44)43-32(46)29-10-8-7-9-28(29)24-11-14-26(15-12-24)36(37,38)39/h7-16,22-23,27H,4-6,17-21H2,1-3H3,(H,43,46). The molecule has 5 rings (SSSR count). The molecule has 258 valence electrons. The predicted octanol–water partition coefficient (Wildman–Crippen LogP) is 6.81. The number of anilines is 2. The largest absolute Gasteiger partial charge is 0.476 e. The summed E-state index contributed by atoms with van der Waals surface area (Å²) in [6.07, 6.45) is 0.466. The Kier molecular flexibility index (Phi) is 11.3. The monoisotopic (exact) mass is 676 g/mol. The number of hydrogen-bond acceptors (Lipinski definition) is 8. The minimum absolute atomic E-state index is 0.0972. The molecular formula is C36H39F3N6O4. The zero-order chi connectivity index (χ0) is 35.0. The van der Waals surface area contributed by atoms with E-state index in [9.17, 15) is 22.8 Å². The number of rotatable bonds is 12. The average molecular weight is 677 g/mol. The Labute approximate surface area is 283 Å². The summed E-state index contributed by atoms with van der Waals surface area (Å²) in [6.45, 7) is 8.01. The van der Waals surface area contributed by atoms with Crippen molar-refractivity contribution in [3.8, 4) is 22.9 Å². The van der Waals surface area contributed by atoms with Gasteiger partial charge in [-0.05, 0) is 74.6 Å². The smallest absolute Gasteiger partial charge is 0.416 e. The number of amides is 2. The van der Waals surface area contributed by atoms with E-state index in [0.29, 0.717) is 85.9 Å². The normalized spacial score (nSPS) is 13.6. The molecule has 0 aliphatic carbocycles. The van der Waals surface area contributed by atoms with Crippen LogP contribution in [0.1, 0.15) is 66.3 Å². The maximum absolute atomic E-state index is 13.8. The van der Waals surface area contributed by atoms with Crippen LogP contribution in [0.5, 0.6) is 11.8 Å². The van der Waals surface area contributed by atoms with Gasteiger partial charge in [-0.15, -0.1) is 0 Å². The summed E-state index contributed by atoms with van der Waals surface area (Å²) in [5, 5.41) is 3.10. The van der Waals surface area contributed by atoms with E-state index >= 15 is 0 Å². The highest BCUT2D eigenvalue weighted by atomic mass is 19.4. The molecule has 0 bridgehead atoms. The van der Waals surface area contributed by atoms with Gasteiger partial charge >= 0.3 is 6.18 Å². The third kappa shape index (κ3) is 8.27. The van der Waals surface area contributed by atoms with Gasteiger partial charge in [0.15, 0.2) is 5.69 Å².